The van der Waals surface area contributed by atoms with Crippen LogP contribution in [-0.4, -0.2) is 15.0 Å². The van der Waals surface area contributed by atoms with Gasteiger partial charge < -0.3 is 0 Å². The minimum atomic E-state index is 0.836. The molecule has 3 aromatic heterocycles. The molecule has 5 aromatic rings. The Bertz CT molecular complexity index is 1270. The Balaban J connectivity index is 1.56. The zero-order chi connectivity index (χ0) is 21.9. The number of aromatic nitrogens is 3. The van der Waals surface area contributed by atoms with E-state index in [9.17, 15) is 0 Å². The van der Waals surface area contributed by atoms with Gasteiger partial charge in [0.2, 0.25) is 0 Å². The third-order valence-corrected chi connectivity index (χ3v) is 5.65. The van der Waals surface area contributed by atoms with Crippen LogP contribution in [0.15, 0.2) is 103 Å². The monoisotopic (exact) mass is 413 g/mol. The lowest BCUT2D eigenvalue weighted by molar-refractivity contribution is 1.20. The summed E-state index contributed by atoms with van der Waals surface area (Å²) in [6, 6.07) is 31.0. The maximum Gasteiger partial charge on any atom is 0.0894 e. The minimum Gasteiger partial charge on any atom is -0.254 e. The fraction of sp³-hybridized carbons (Fsp3) is 0.0690. The zero-order valence-electron chi connectivity index (χ0n) is 18.2. The van der Waals surface area contributed by atoms with Crippen molar-refractivity contribution < 1.29 is 0 Å². The molecule has 3 heteroatoms. The predicted octanol–water partition coefficient (Wildman–Crippen LogP) is 7.16. The third-order valence-electron chi connectivity index (χ3n) is 5.65. The highest BCUT2D eigenvalue weighted by Gasteiger charge is 2.11. The van der Waals surface area contributed by atoms with Crippen molar-refractivity contribution >= 4 is 0 Å². The first kappa shape index (κ1) is 19.8. The minimum absolute atomic E-state index is 0.836. The Hall–Kier alpha value is -4.11. The van der Waals surface area contributed by atoms with Gasteiger partial charge in [0, 0.05) is 12.4 Å². The summed E-state index contributed by atoms with van der Waals surface area (Å²) in [5, 5.41) is 0. The molecule has 154 valence electrons. The molecule has 0 spiro atoms. The molecule has 0 fully saturated rings. The molecule has 3 nitrogen and oxygen atoms in total. The van der Waals surface area contributed by atoms with Crippen molar-refractivity contribution in [2.45, 2.75) is 13.8 Å². The Morgan fingerprint density at radius 1 is 0.469 bits per heavy atom. The third kappa shape index (κ3) is 3.93. The van der Waals surface area contributed by atoms with Crippen LogP contribution < -0.4 is 0 Å². The van der Waals surface area contributed by atoms with Crippen molar-refractivity contribution in [2.24, 2.45) is 0 Å². The molecular weight excluding hydrogens is 390 g/mol. The predicted molar refractivity (Wildman–Crippen MR) is 131 cm³/mol. The number of rotatable bonds is 4. The van der Waals surface area contributed by atoms with Crippen molar-refractivity contribution in [3.05, 3.63) is 115 Å². The molecule has 0 unspecified atom stereocenters. The number of hydrogen-bond acceptors (Lipinski definition) is 3. The number of aryl methyl sites for hydroxylation is 2. The van der Waals surface area contributed by atoms with Crippen LogP contribution >= 0.6 is 0 Å². The van der Waals surface area contributed by atoms with Crippen LogP contribution in [0.5, 0.6) is 0 Å². The van der Waals surface area contributed by atoms with E-state index in [0.717, 1.165) is 33.9 Å². The lowest BCUT2D eigenvalue weighted by atomic mass is 10.00. The first-order valence-corrected chi connectivity index (χ1v) is 10.7. The molecule has 0 aliphatic rings. The molecule has 0 aliphatic heterocycles. The number of pyridine rings is 3. The summed E-state index contributed by atoms with van der Waals surface area (Å²) >= 11 is 0. The smallest absolute Gasteiger partial charge is 0.0894 e. The van der Waals surface area contributed by atoms with Gasteiger partial charge in [0.15, 0.2) is 0 Å². The Labute approximate surface area is 188 Å². The van der Waals surface area contributed by atoms with E-state index in [0.29, 0.717) is 0 Å². The van der Waals surface area contributed by atoms with Crippen LogP contribution in [0.4, 0.5) is 0 Å². The van der Waals surface area contributed by atoms with Crippen molar-refractivity contribution in [1.29, 1.82) is 0 Å². The van der Waals surface area contributed by atoms with Crippen molar-refractivity contribution in [2.75, 3.05) is 0 Å². The summed E-state index contributed by atoms with van der Waals surface area (Å²) in [5.41, 5.74) is 10.4. The van der Waals surface area contributed by atoms with E-state index < -0.39 is 0 Å². The highest BCUT2D eigenvalue weighted by molar-refractivity contribution is 5.74. The molecule has 3 heterocycles. The van der Waals surface area contributed by atoms with Gasteiger partial charge >= 0.3 is 0 Å². The number of nitrogens with zero attached hydrogens (tertiary/aromatic N) is 3. The highest BCUT2D eigenvalue weighted by Crippen LogP contribution is 2.30. The second-order valence-electron chi connectivity index (χ2n) is 7.91. The van der Waals surface area contributed by atoms with E-state index in [4.69, 9.17) is 4.98 Å². The van der Waals surface area contributed by atoms with E-state index in [1.54, 1.807) is 0 Å². The summed E-state index contributed by atoms with van der Waals surface area (Å²) in [6.07, 6.45) is 3.84. The fourth-order valence-electron chi connectivity index (χ4n) is 3.91. The standard InChI is InChI=1S/C29H23N3/c1-20-18-30-28(16-24(20)22-10-5-3-6-11-22)26-14-9-15-27(32-26)29-17-25(21(2)19-31-29)23-12-7-4-8-13-23/h3-19H,1-2H3. The maximum absolute atomic E-state index is 4.92. The molecule has 0 saturated heterocycles. The van der Waals surface area contributed by atoms with Crippen molar-refractivity contribution in [1.82, 2.24) is 15.0 Å². The summed E-state index contributed by atoms with van der Waals surface area (Å²) in [5.74, 6) is 0. The zero-order valence-corrected chi connectivity index (χ0v) is 18.2. The largest absolute Gasteiger partial charge is 0.254 e. The van der Waals surface area contributed by atoms with Crippen molar-refractivity contribution in [3.63, 3.8) is 0 Å². The van der Waals surface area contributed by atoms with Gasteiger partial charge in [0.25, 0.3) is 0 Å². The first-order chi connectivity index (χ1) is 15.7. The van der Waals surface area contributed by atoms with Gasteiger partial charge in [-0.3, -0.25) is 9.97 Å². The first-order valence-electron chi connectivity index (χ1n) is 10.7. The number of hydrogen-bond donors (Lipinski definition) is 0. The molecule has 2 aromatic carbocycles. The van der Waals surface area contributed by atoms with Gasteiger partial charge in [-0.2, -0.15) is 0 Å². The molecule has 5 rings (SSSR count). The molecule has 0 aliphatic carbocycles. The molecule has 0 saturated carbocycles. The van der Waals surface area contributed by atoms with Crippen LogP contribution in [0.1, 0.15) is 11.1 Å². The van der Waals surface area contributed by atoms with E-state index in [2.05, 4.69) is 84.5 Å². The molecule has 0 N–H and O–H groups in total. The molecule has 0 amide bonds. The maximum atomic E-state index is 4.92. The molecule has 0 atom stereocenters. The van der Waals surface area contributed by atoms with E-state index >= 15 is 0 Å². The average Bonchev–Trinajstić information content (AvgIpc) is 2.86. The van der Waals surface area contributed by atoms with Gasteiger partial charge in [-0.25, -0.2) is 4.98 Å². The molecule has 0 bridgehead atoms. The summed E-state index contributed by atoms with van der Waals surface area (Å²) in [7, 11) is 0. The van der Waals surface area contributed by atoms with E-state index in [1.807, 2.05) is 42.7 Å². The average molecular weight is 414 g/mol. The SMILES string of the molecule is Cc1cnc(-c2cccc(-c3cc(-c4ccccc4)c(C)cn3)n2)cc1-c1ccccc1. The topological polar surface area (TPSA) is 38.7 Å². The Morgan fingerprint density at radius 2 is 0.906 bits per heavy atom. The van der Waals surface area contributed by atoms with Crippen molar-refractivity contribution in [3.8, 4) is 45.0 Å². The van der Waals surface area contributed by atoms with Gasteiger partial charge in [-0.15, -0.1) is 0 Å². The fourth-order valence-corrected chi connectivity index (χ4v) is 3.91. The molecule has 0 radical (unpaired) electrons. The summed E-state index contributed by atoms with van der Waals surface area (Å²) in [6.45, 7) is 4.18. The lowest BCUT2D eigenvalue weighted by Gasteiger charge is -2.11. The second kappa shape index (κ2) is 8.56. The highest BCUT2D eigenvalue weighted by atomic mass is 14.8. The van der Waals surface area contributed by atoms with Gasteiger partial charge in [-0.1, -0.05) is 66.7 Å². The normalized spacial score (nSPS) is 10.8. The summed E-state index contributed by atoms with van der Waals surface area (Å²) in [4.78, 5) is 14.2. The van der Waals surface area contributed by atoms with Gasteiger partial charge in [0.1, 0.15) is 0 Å². The Kier molecular flexibility index (Phi) is 5.30. The van der Waals surface area contributed by atoms with Crippen LogP contribution in [0.2, 0.25) is 0 Å². The van der Waals surface area contributed by atoms with Gasteiger partial charge in [-0.05, 0) is 71.5 Å². The number of benzene rings is 2. The van der Waals surface area contributed by atoms with Crippen LogP contribution in [0.3, 0.4) is 0 Å². The molecular formula is C29H23N3. The van der Waals surface area contributed by atoms with Crippen LogP contribution in [0.25, 0.3) is 45.0 Å². The summed E-state index contributed by atoms with van der Waals surface area (Å²) < 4.78 is 0. The van der Waals surface area contributed by atoms with Crippen LogP contribution in [0, 0.1) is 13.8 Å². The molecule has 32 heavy (non-hydrogen) atoms. The second-order valence-corrected chi connectivity index (χ2v) is 7.91. The quantitative estimate of drug-likeness (QED) is 0.314. The van der Waals surface area contributed by atoms with Gasteiger partial charge in [0.05, 0.1) is 22.8 Å². The van der Waals surface area contributed by atoms with E-state index in [1.165, 1.54) is 22.3 Å². The lowest BCUT2D eigenvalue weighted by Crippen LogP contribution is -1.95. The van der Waals surface area contributed by atoms with Crippen LogP contribution in [-0.2, 0) is 0 Å². The van der Waals surface area contributed by atoms with E-state index in [-0.39, 0.29) is 0 Å². The Morgan fingerprint density at radius 3 is 1.34 bits per heavy atom.